The second-order valence-corrected chi connectivity index (χ2v) is 11.7. The van der Waals surface area contributed by atoms with Crippen molar-refractivity contribution in [2.45, 2.75) is 64.0 Å². The van der Waals surface area contributed by atoms with Gasteiger partial charge >= 0.3 is 6.09 Å². The molecular weight excluding hydrogens is 472 g/mol. The summed E-state index contributed by atoms with van der Waals surface area (Å²) in [6.45, 7) is 9.17. The highest BCUT2D eigenvalue weighted by Gasteiger charge is 2.50. The van der Waals surface area contributed by atoms with Crippen LogP contribution in [0.15, 0.2) is 18.2 Å². The van der Waals surface area contributed by atoms with Crippen LogP contribution < -0.4 is 5.73 Å². The third-order valence-corrected chi connectivity index (χ3v) is 8.01. The van der Waals surface area contributed by atoms with Gasteiger partial charge in [-0.2, -0.15) is 0 Å². The average molecular weight is 511 g/mol. The number of carbonyl (C=O) groups is 3. The third-order valence-electron chi connectivity index (χ3n) is 8.01. The zero-order valence-electron chi connectivity index (χ0n) is 22.1. The second kappa shape index (κ2) is 9.63. The lowest BCUT2D eigenvalue weighted by Gasteiger charge is -2.39. The molecule has 0 unspecified atom stereocenters. The number of hydrogen-bond donors (Lipinski definition) is 2. The number of nitrogens with two attached hydrogens (primary N) is 1. The lowest BCUT2D eigenvalue weighted by atomic mass is 9.79. The highest BCUT2D eigenvalue weighted by atomic mass is 16.6. The summed E-state index contributed by atoms with van der Waals surface area (Å²) in [6.07, 6.45) is 4.37. The van der Waals surface area contributed by atoms with Crippen molar-refractivity contribution in [3.63, 3.8) is 0 Å². The first-order chi connectivity index (χ1) is 17.6. The molecule has 1 saturated carbocycles. The van der Waals surface area contributed by atoms with Gasteiger partial charge in [-0.1, -0.05) is 12.5 Å². The number of piperazine rings is 1. The highest BCUT2D eigenvalue weighted by molar-refractivity contribution is 6.04. The molecule has 2 aliphatic heterocycles. The molecule has 2 saturated heterocycles. The topological polar surface area (TPSA) is 125 Å². The van der Waals surface area contributed by atoms with E-state index in [1.165, 1.54) is 6.42 Å². The summed E-state index contributed by atoms with van der Waals surface area (Å²) >= 11 is 0. The van der Waals surface area contributed by atoms with Crippen molar-refractivity contribution < 1.29 is 19.1 Å². The molecule has 1 aliphatic carbocycles. The zero-order chi connectivity index (χ0) is 26.4. The predicted octanol–water partition coefficient (Wildman–Crippen LogP) is 2.83. The molecule has 3 aliphatic rings. The van der Waals surface area contributed by atoms with Crippen LogP contribution in [0.25, 0.3) is 11.0 Å². The number of ether oxygens (including phenoxy) is 1. The third kappa shape index (κ3) is 5.03. The van der Waals surface area contributed by atoms with Crippen molar-refractivity contribution in [2.24, 2.45) is 11.7 Å². The molecule has 0 radical (unpaired) electrons. The number of primary amides is 1. The Bertz CT molecular complexity index is 1200. The molecule has 3 N–H and O–H groups in total. The molecule has 37 heavy (non-hydrogen) atoms. The molecule has 3 fully saturated rings. The minimum absolute atomic E-state index is 0.112. The summed E-state index contributed by atoms with van der Waals surface area (Å²) < 4.78 is 5.47. The number of carbonyl (C=O) groups excluding carboxylic acids is 3. The van der Waals surface area contributed by atoms with Crippen molar-refractivity contribution in [3.8, 4) is 0 Å². The Kier molecular flexibility index (Phi) is 6.64. The Labute approximate surface area is 217 Å². The predicted molar refractivity (Wildman–Crippen MR) is 139 cm³/mol. The lowest BCUT2D eigenvalue weighted by Crippen LogP contribution is -2.52. The van der Waals surface area contributed by atoms with Gasteiger partial charge in [-0.15, -0.1) is 0 Å². The molecule has 1 aromatic heterocycles. The number of hydrogen-bond acceptors (Lipinski definition) is 6. The quantitative estimate of drug-likeness (QED) is 0.637. The molecular formula is C27H38N6O4. The fourth-order valence-corrected chi connectivity index (χ4v) is 6.27. The molecule has 0 spiro atoms. The molecule has 2 atom stereocenters. The fraction of sp³-hybridized carbons (Fsp3) is 0.630. The Morgan fingerprint density at radius 3 is 2.59 bits per heavy atom. The second-order valence-electron chi connectivity index (χ2n) is 11.7. The highest BCUT2D eigenvalue weighted by Crippen LogP contribution is 2.50. The van der Waals surface area contributed by atoms with E-state index in [0.29, 0.717) is 56.1 Å². The van der Waals surface area contributed by atoms with E-state index in [4.69, 9.17) is 15.5 Å². The Morgan fingerprint density at radius 2 is 1.89 bits per heavy atom. The van der Waals surface area contributed by atoms with Crippen LogP contribution in [0.5, 0.6) is 0 Å². The minimum Gasteiger partial charge on any atom is -0.444 e. The van der Waals surface area contributed by atoms with Gasteiger partial charge in [0.1, 0.15) is 16.9 Å². The molecule has 3 heterocycles. The average Bonchev–Trinajstić information content (AvgIpc) is 3.40. The van der Waals surface area contributed by atoms with Crippen molar-refractivity contribution >= 4 is 28.9 Å². The van der Waals surface area contributed by atoms with Crippen LogP contribution in [0.2, 0.25) is 0 Å². The molecule has 1 aromatic carbocycles. The molecule has 10 heteroatoms. The van der Waals surface area contributed by atoms with E-state index < -0.39 is 11.5 Å². The summed E-state index contributed by atoms with van der Waals surface area (Å²) in [4.78, 5) is 51.8. The van der Waals surface area contributed by atoms with Gasteiger partial charge in [-0.3, -0.25) is 14.5 Å². The summed E-state index contributed by atoms with van der Waals surface area (Å²) in [5.74, 6) is 1.08. The summed E-state index contributed by atoms with van der Waals surface area (Å²) in [5.41, 5.74) is 6.66. The van der Waals surface area contributed by atoms with Gasteiger partial charge in [0, 0.05) is 45.7 Å². The maximum absolute atomic E-state index is 13.1. The van der Waals surface area contributed by atoms with Crippen LogP contribution in [-0.4, -0.2) is 87.4 Å². The first-order valence-electron chi connectivity index (χ1n) is 13.4. The smallest absolute Gasteiger partial charge is 0.410 e. The first-order valence-corrected chi connectivity index (χ1v) is 13.4. The van der Waals surface area contributed by atoms with Crippen molar-refractivity contribution in [1.82, 2.24) is 24.7 Å². The number of nitrogens with one attached hydrogen (secondary N) is 1. The maximum Gasteiger partial charge on any atom is 0.410 e. The number of aromatic nitrogens is 2. The largest absolute Gasteiger partial charge is 0.444 e. The van der Waals surface area contributed by atoms with Crippen molar-refractivity contribution in [1.29, 1.82) is 0 Å². The van der Waals surface area contributed by atoms with Crippen LogP contribution in [0, 0.1) is 5.92 Å². The SMILES string of the molecule is CC(C)(C)OC(=O)N1CCN(C(=O)CCN2C[C@@H]3CCC[C@@]2(c2nc4c(C(N)=O)cccc4[nH]2)C3)CC1. The summed E-state index contributed by atoms with van der Waals surface area (Å²) in [7, 11) is 0. The normalized spacial score (nSPS) is 24.5. The lowest BCUT2D eigenvalue weighted by molar-refractivity contribution is -0.133. The van der Waals surface area contributed by atoms with Crippen LogP contribution in [0.4, 0.5) is 4.79 Å². The van der Waals surface area contributed by atoms with E-state index in [-0.39, 0.29) is 17.5 Å². The van der Waals surface area contributed by atoms with E-state index in [1.807, 2.05) is 37.8 Å². The molecule has 10 nitrogen and oxygen atoms in total. The number of para-hydroxylation sites is 1. The number of likely N-dealkylation sites (tertiary alicyclic amines) is 1. The number of imidazole rings is 1. The number of fused-ring (bicyclic) bond motifs is 3. The monoisotopic (exact) mass is 510 g/mol. The van der Waals surface area contributed by atoms with Gasteiger partial charge in [0.15, 0.2) is 0 Å². The molecule has 2 bridgehead atoms. The Balaban J connectivity index is 1.25. The minimum atomic E-state index is -0.533. The van der Waals surface area contributed by atoms with Gasteiger partial charge in [-0.05, 0) is 58.1 Å². The van der Waals surface area contributed by atoms with Crippen molar-refractivity contribution in [3.05, 3.63) is 29.6 Å². The van der Waals surface area contributed by atoms with Gasteiger partial charge in [0.2, 0.25) is 5.91 Å². The standard InChI is InChI=1S/C27H38N6O4/c1-26(2,3)37-25(36)32-14-12-31(13-15-32)21(34)9-11-33-17-18-6-5-10-27(33,16-18)24-29-20-8-4-7-19(23(28)35)22(20)30-24/h4,7-8,18H,5-6,9-17H2,1-3H3,(H2,28,35)(H,29,30)/t18-,27+/m1/s1. The van der Waals surface area contributed by atoms with Gasteiger partial charge in [0.25, 0.3) is 5.91 Å². The fourth-order valence-electron chi connectivity index (χ4n) is 6.27. The number of rotatable bonds is 5. The Hall–Kier alpha value is -3.14. The van der Waals surface area contributed by atoms with Crippen LogP contribution >= 0.6 is 0 Å². The van der Waals surface area contributed by atoms with Gasteiger partial charge in [0.05, 0.1) is 16.6 Å². The number of aromatic amines is 1. The Morgan fingerprint density at radius 1 is 1.16 bits per heavy atom. The number of amides is 3. The molecule has 3 amide bonds. The van der Waals surface area contributed by atoms with Crippen LogP contribution in [-0.2, 0) is 15.1 Å². The van der Waals surface area contributed by atoms with E-state index in [2.05, 4.69) is 9.88 Å². The van der Waals surface area contributed by atoms with E-state index in [0.717, 1.165) is 37.1 Å². The number of H-pyrrole nitrogens is 1. The molecule has 200 valence electrons. The number of nitrogens with zero attached hydrogens (tertiary/aromatic N) is 4. The van der Waals surface area contributed by atoms with Crippen molar-refractivity contribution in [2.75, 3.05) is 39.3 Å². The van der Waals surface area contributed by atoms with Gasteiger partial charge in [-0.25, -0.2) is 9.78 Å². The van der Waals surface area contributed by atoms with E-state index >= 15 is 0 Å². The maximum atomic E-state index is 13.1. The van der Waals surface area contributed by atoms with Gasteiger partial charge < -0.3 is 25.3 Å². The van der Waals surface area contributed by atoms with Crippen LogP contribution in [0.1, 0.15) is 69.1 Å². The molecule has 5 rings (SSSR count). The number of benzene rings is 1. The van der Waals surface area contributed by atoms with Crippen LogP contribution in [0.3, 0.4) is 0 Å². The zero-order valence-corrected chi connectivity index (χ0v) is 22.1. The molecule has 2 aromatic rings. The first kappa shape index (κ1) is 25.5. The van der Waals surface area contributed by atoms with E-state index in [1.54, 1.807) is 11.0 Å². The summed E-state index contributed by atoms with van der Waals surface area (Å²) in [5, 5.41) is 0. The van der Waals surface area contributed by atoms with E-state index in [9.17, 15) is 14.4 Å². The summed E-state index contributed by atoms with van der Waals surface area (Å²) in [6, 6.07) is 5.46.